The molecule has 2 rings (SSSR count). The largest absolute Gasteiger partial charge is 0.494 e. The summed E-state index contributed by atoms with van der Waals surface area (Å²) in [5.41, 5.74) is 1.08. The maximum absolute atomic E-state index is 5.96. The van der Waals surface area contributed by atoms with Gasteiger partial charge >= 0.3 is 0 Å². The third-order valence-corrected chi connectivity index (χ3v) is 3.20. The molecular weight excluding hydrogens is 262 g/mol. The van der Waals surface area contributed by atoms with E-state index in [0.29, 0.717) is 6.61 Å². The average Bonchev–Trinajstić information content (AvgIpc) is 2.54. The van der Waals surface area contributed by atoms with Crippen LogP contribution in [-0.2, 0) is 0 Å². The van der Waals surface area contributed by atoms with Crippen LogP contribution in [0.3, 0.4) is 0 Å². The molecule has 1 N–H and O–H groups in total. The molecule has 112 valence electrons. The van der Waals surface area contributed by atoms with E-state index < -0.39 is 0 Å². The summed E-state index contributed by atoms with van der Waals surface area (Å²) in [6.45, 7) is 5.58. The van der Waals surface area contributed by atoms with Crippen molar-refractivity contribution in [2.24, 2.45) is 0 Å². The molecule has 0 saturated carbocycles. The number of nitrogens with one attached hydrogen (secondary N) is 1. The third-order valence-electron chi connectivity index (χ3n) is 3.20. The van der Waals surface area contributed by atoms with E-state index in [-0.39, 0.29) is 6.10 Å². The quantitative estimate of drug-likeness (QED) is 0.782. The van der Waals surface area contributed by atoms with E-state index in [4.69, 9.17) is 9.47 Å². The molecule has 0 saturated heterocycles. The highest BCUT2D eigenvalue weighted by Crippen LogP contribution is 2.17. The van der Waals surface area contributed by atoms with Gasteiger partial charge in [0.1, 0.15) is 17.6 Å². The smallest absolute Gasteiger partial charge is 0.119 e. The Bertz CT molecular complexity index is 511. The van der Waals surface area contributed by atoms with Gasteiger partial charge in [0.05, 0.1) is 13.2 Å². The van der Waals surface area contributed by atoms with Crippen LogP contribution in [0.15, 0.2) is 54.6 Å². The number of hydrogen-bond donors (Lipinski definition) is 1. The lowest BCUT2D eigenvalue weighted by Crippen LogP contribution is -2.25. The lowest BCUT2D eigenvalue weighted by atomic mass is 10.2. The molecule has 21 heavy (non-hydrogen) atoms. The molecule has 2 aromatic rings. The van der Waals surface area contributed by atoms with Crippen molar-refractivity contribution in [3.63, 3.8) is 0 Å². The highest BCUT2D eigenvalue weighted by atomic mass is 16.5. The van der Waals surface area contributed by atoms with Crippen LogP contribution in [0.2, 0.25) is 0 Å². The monoisotopic (exact) mass is 285 g/mol. The van der Waals surface area contributed by atoms with Gasteiger partial charge in [-0.05, 0) is 49.7 Å². The van der Waals surface area contributed by atoms with Gasteiger partial charge in [-0.3, -0.25) is 0 Å². The summed E-state index contributed by atoms with van der Waals surface area (Å²) >= 11 is 0. The van der Waals surface area contributed by atoms with Crippen molar-refractivity contribution in [1.82, 2.24) is 0 Å². The number of rotatable bonds is 8. The van der Waals surface area contributed by atoms with E-state index in [0.717, 1.165) is 30.2 Å². The Balaban J connectivity index is 1.85. The first-order valence-electron chi connectivity index (χ1n) is 7.50. The summed E-state index contributed by atoms with van der Waals surface area (Å²) in [6, 6.07) is 17.9. The number of ether oxygens (including phenoxy) is 2. The second kappa shape index (κ2) is 8.20. The Hall–Kier alpha value is -2.16. The van der Waals surface area contributed by atoms with Crippen molar-refractivity contribution in [1.29, 1.82) is 0 Å². The lowest BCUT2D eigenvalue weighted by molar-refractivity contribution is 0.210. The van der Waals surface area contributed by atoms with Gasteiger partial charge < -0.3 is 14.8 Å². The van der Waals surface area contributed by atoms with Crippen LogP contribution in [0.4, 0.5) is 5.69 Å². The minimum absolute atomic E-state index is 0.152. The molecule has 0 aliphatic carbocycles. The average molecular weight is 285 g/mol. The van der Waals surface area contributed by atoms with Crippen LogP contribution in [-0.4, -0.2) is 19.3 Å². The molecule has 0 aliphatic rings. The van der Waals surface area contributed by atoms with Gasteiger partial charge in [-0.1, -0.05) is 25.1 Å². The number of hydrogen-bond acceptors (Lipinski definition) is 3. The summed E-state index contributed by atoms with van der Waals surface area (Å²) in [6.07, 6.45) is 1.11. The molecule has 1 atom stereocenters. The fourth-order valence-corrected chi connectivity index (χ4v) is 2.03. The first-order chi connectivity index (χ1) is 10.3. The van der Waals surface area contributed by atoms with Gasteiger partial charge in [-0.2, -0.15) is 0 Å². The van der Waals surface area contributed by atoms with E-state index in [1.165, 1.54) is 0 Å². The van der Waals surface area contributed by atoms with Gasteiger partial charge in [0.2, 0.25) is 0 Å². The molecule has 0 radical (unpaired) electrons. The Kier molecular flexibility index (Phi) is 5.95. The zero-order valence-corrected chi connectivity index (χ0v) is 12.7. The lowest BCUT2D eigenvalue weighted by Gasteiger charge is -2.19. The van der Waals surface area contributed by atoms with E-state index in [1.807, 2.05) is 61.5 Å². The Morgan fingerprint density at radius 2 is 1.62 bits per heavy atom. The Labute approximate surface area is 126 Å². The van der Waals surface area contributed by atoms with Gasteiger partial charge in [0.15, 0.2) is 0 Å². The molecule has 0 spiro atoms. The van der Waals surface area contributed by atoms with Crippen molar-refractivity contribution in [2.45, 2.75) is 26.4 Å². The van der Waals surface area contributed by atoms with Gasteiger partial charge in [-0.15, -0.1) is 0 Å². The standard InChI is InChI=1S/C18H23NO2/c1-3-16(21-18-8-6-5-7-9-18)14-19-15-10-12-17(13-11-15)20-4-2/h5-13,16,19H,3-4,14H2,1-2H3. The normalized spacial score (nSPS) is 11.7. The number of benzene rings is 2. The third kappa shape index (κ3) is 5.03. The molecule has 0 fully saturated rings. The van der Waals surface area contributed by atoms with Crippen molar-refractivity contribution in [3.8, 4) is 11.5 Å². The predicted octanol–water partition coefficient (Wildman–Crippen LogP) is 4.35. The van der Waals surface area contributed by atoms with Crippen LogP contribution in [0.25, 0.3) is 0 Å². The van der Waals surface area contributed by atoms with E-state index in [2.05, 4.69) is 12.2 Å². The van der Waals surface area contributed by atoms with E-state index in [9.17, 15) is 0 Å². The molecule has 0 aliphatic heterocycles. The van der Waals surface area contributed by atoms with Crippen LogP contribution in [0.5, 0.6) is 11.5 Å². The SMILES string of the molecule is CCOc1ccc(NCC(CC)Oc2ccccc2)cc1. The molecule has 3 nitrogen and oxygen atoms in total. The van der Waals surface area contributed by atoms with Crippen molar-refractivity contribution < 1.29 is 9.47 Å². The van der Waals surface area contributed by atoms with Crippen LogP contribution in [0, 0.1) is 0 Å². The summed E-state index contributed by atoms with van der Waals surface area (Å²) in [5, 5.41) is 3.40. The topological polar surface area (TPSA) is 30.5 Å². The summed E-state index contributed by atoms with van der Waals surface area (Å²) in [7, 11) is 0. The molecule has 1 unspecified atom stereocenters. The first kappa shape index (κ1) is 15.2. The molecule has 0 heterocycles. The molecule has 0 bridgehead atoms. The van der Waals surface area contributed by atoms with Crippen LogP contribution < -0.4 is 14.8 Å². The molecule has 2 aromatic carbocycles. The van der Waals surface area contributed by atoms with Crippen molar-refractivity contribution in [3.05, 3.63) is 54.6 Å². The van der Waals surface area contributed by atoms with Crippen LogP contribution in [0.1, 0.15) is 20.3 Å². The zero-order chi connectivity index (χ0) is 14.9. The van der Waals surface area contributed by atoms with Crippen molar-refractivity contribution >= 4 is 5.69 Å². The Morgan fingerprint density at radius 1 is 0.905 bits per heavy atom. The zero-order valence-electron chi connectivity index (χ0n) is 12.7. The maximum Gasteiger partial charge on any atom is 0.119 e. The fraction of sp³-hybridized carbons (Fsp3) is 0.333. The molecule has 0 aromatic heterocycles. The van der Waals surface area contributed by atoms with Crippen molar-refractivity contribution in [2.75, 3.05) is 18.5 Å². The van der Waals surface area contributed by atoms with E-state index in [1.54, 1.807) is 0 Å². The Morgan fingerprint density at radius 3 is 2.24 bits per heavy atom. The predicted molar refractivity (Wildman–Crippen MR) is 87.2 cm³/mol. The minimum atomic E-state index is 0.152. The summed E-state index contributed by atoms with van der Waals surface area (Å²) in [4.78, 5) is 0. The van der Waals surface area contributed by atoms with Gasteiger partial charge in [-0.25, -0.2) is 0 Å². The van der Waals surface area contributed by atoms with Crippen LogP contribution >= 0.6 is 0 Å². The number of para-hydroxylation sites is 1. The fourth-order valence-electron chi connectivity index (χ4n) is 2.03. The summed E-state index contributed by atoms with van der Waals surface area (Å²) in [5.74, 6) is 1.81. The second-order valence-electron chi connectivity index (χ2n) is 4.80. The molecule has 0 amide bonds. The minimum Gasteiger partial charge on any atom is -0.494 e. The van der Waals surface area contributed by atoms with E-state index >= 15 is 0 Å². The second-order valence-corrected chi connectivity index (χ2v) is 4.80. The molecule has 3 heteroatoms. The highest BCUT2D eigenvalue weighted by Gasteiger charge is 2.07. The highest BCUT2D eigenvalue weighted by molar-refractivity contribution is 5.46. The van der Waals surface area contributed by atoms with Gasteiger partial charge in [0.25, 0.3) is 0 Å². The number of anilines is 1. The van der Waals surface area contributed by atoms with Gasteiger partial charge in [0, 0.05) is 5.69 Å². The first-order valence-corrected chi connectivity index (χ1v) is 7.50. The maximum atomic E-state index is 5.96. The molecular formula is C18H23NO2. The summed E-state index contributed by atoms with van der Waals surface area (Å²) < 4.78 is 11.4.